The molecule has 0 bridgehead atoms. The fraction of sp³-hybridized carbons (Fsp3) is 0.211. The highest BCUT2D eigenvalue weighted by Crippen LogP contribution is 2.41. The van der Waals surface area contributed by atoms with Crippen LogP contribution >= 0.6 is 0 Å². The van der Waals surface area contributed by atoms with Gasteiger partial charge in [-0.15, -0.1) is 0 Å². The molecule has 5 aromatic carbocycles. The van der Waals surface area contributed by atoms with Crippen molar-refractivity contribution < 1.29 is 8.78 Å². The summed E-state index contributed by atoms with van der Waals surface area (Å²) in [7, 11) is 0. The Morgan fingerprint density at radius 1 is 0.476 bits per heavy atom. The third-order valence-electron chi connectivity index (χ3n) is 8.63. The van der Waals surface area contributed by atoms with Gasteiger partial charge in [0, 0.05) is 45.7 Å². The SMILES string of the molecule is CCCCn1c2ccc(-c3cccc(F)c3)cc2c2ccc3c4cc(-c5cccc(F)c5)ccc4n(CCCC)c3c21. The molecule has 0 aliphatic heterocycles. The minimum Gasteiger partial charge on any atom is -0.339 e. The van der Waals surface area contributed by atoms with Gasteiger partial charge in [-0.05, 0) is 83.6 Å². The summed E-state index contributed by atoms with van der Waals surface area (Å²) in [6.07, 6.45) is 4.38. The second-order valence-corrected chi connectivity index (χ2v) is 11.4. The lowest BCUT2D eigenvalue weighted by Gasteiger charge is -2.11. The molecule has 0 saturated carbocycles. The molecule has 2 heterocycles. The fourth-order valence-corrected chi connectivity index (χ4v) is 6.57. The highest BCUT2D eigenvalue weighted by Gasteiger charge is 2.20. The van der Waals surface area contributed by atoms with Crippen molar-refractivity contribution in [1.82, 2.24) is 9.13 Å². The van der Waals surface area contributed by atoms with Crippen molar-refractivity contribution in [2.75, 3.05) is 0 Å². The zero-order chi connectivity index (χ0) is 28.8. The van der Waals surface area contributed by atoms with Crippen molar-refractivity contribution in [2.24, 2.45) is 0 Å². The van der Waals surface area contributed by atoms with E-state index in [-0.39, 0.29) is 11.6 Å². The van der Waals surface area contributed by atoms with Gasteiger partial charge in [0.2, 0.25) is 0 Å². The van der Waals surface area contributed by atoms with E-state index in [9.17, 15) is 8.78 Å². The van der Waals surface area contributed by atoms with E-state index >= 15 is 0 Å². The molecule has 0 radical (unpaired) electrons. The number of aromatic nitrogens is 2. The maximum atomic E-state index is 14.1. The first kappa shape index (κ1) is 26.5. The maximum absolute atomic E-state index is 14.1. The van der Waals surface area contributed by atoms with Crippen molar-refractivity contribution >= 4 is 43.6 Å². The number of hydrogen-bond donors (Lipinski definition) is 0. The van der Waals surface area contributed by atoms with Gasteiger partial charge in [0.15, 0.2) is 0 Å². The second-order valence-electron chi connectivity index (χ2n) is 11.4. The first-order valence-corrected chi connectivity index (χ1v) is 15.1. The molecule has 0 atom stereocenters. The molecule has 0 fully saturated rings. The molecule has 0 spiro atoms. The molecular formula is C38H34F2N2. The Hall–Kier alpha value is -4.44. The van der Waals surface area contributed by atoms with Crippen molar-refractivity contribution in [3.05, 3.63) is 109 Å². The van der Waals surface area contributed by atoms with Crippen molar-refractivity contribution in [3.63, 3.8) is 0 Å². The van der Waals surface area contributed by atoms with Gasteiger partial charge in [-0.2, -0.15) is 0 Å². The molecule has 7 rings (SSSR count). The standard InChI is InChI=1S/C38H34F2N2/c1-3-5-19-41-35-17-13-27(25-9-7-11-29(39)21-25)23-33(35)31-15-16-32-34-24-28(26-10-8-12-30(40)22-26)14-18-36(34)42(20-6-4-2)38(32)37(31)41/h7-18,21-24H,3-6,19-20H2,1-2H3. The Labute approximate surface area is 244 Å². The molecule has 0 aliphatic rings. The smallest absolute Gasteiger partial charge is 0.123 e. The fourth-order valence-electron chi connectivity index (χ4n) is 6.57. The van der Waals surface area contributed by atoms with Gasteiger partial charge in [0.05, 0.1) is 11.0 Å². The van der Waals surface area contributed by atoms with Crippen molar-refractivity contribution in [3.8, 4) is 22.3 Å². The Bertz CT molecular complexity index is 1950. The second kappa shape index (κ2) is 10.8. The monoisotopic (exact) mass is 556 g/mol. The first-order chi connectivity index (χ1) is 20.6. The van der Waals surface area contributed by atoms with E-state index < -0.39 is 0 Å². The highest BCUT2D eigenvalue weighted by atomic mass is 19.1. The van der Waals surface area contributed by atoms with Crippen LogP contribution in [0.25, 0.3) is 65.9 Å². The topological polar surface area (TPSA) is 9.86 Å². The molecule has 2 nitrogen and oxygen atoms in total. The number of hydrogen-bond acceptors (Lipinski definition) is 0. The number of nitrogens with zero attached hydrogens (tertiary/aromatic N) is 2. The van der Waals surface area contributed by atoms with E-state index in [1.54, 1.807) is 24.3 Å². The van der Waals surface area contributed by atoms with E-state index in [4.69, 9.17) is 0 Å². The number of benzene rings is 5. The molecule has 0 aliphatic carbocycles. The van der Waals surface area contributed by atoms with Gasteiger partial charge >= 0.3 is 0 Å². The molecular weight excluding hydrogens is 522 g/mol. The molecule has 42 heavy (non-hydrogen) atoms. The average molecular weight is 557 g/mol. The van der Waals surface area contributed by atoms with Crippen LogP contribution in [-0.4, -0.2) is 9.13 Å². The summed E-state index contributed by atoms with van der Waals surface area (Å²) < 4.78 is 33.2. The molecule has 0 amide bonds. The summed E-state index contributed by atoms with van der Waals surface area (Å²) in [5.41, 5.74) is 8.73. The number of halogens is 2. The van der Waals surface area contributed by atoms with E-state index in [1.807, 2.05) is 12.1 Å². The predicted octanol–water partition coefficient (Wildman–Crippen LogP) is 11.1. The number of aryl methyl sites for hydroxylation is 2. The molecule has 7 aromatic rings. The van der Waals surface area contributed by atoms with Gasteiger partial charge in [0.25, 0.3) is 0 Å². The van der Waals surface area contributed by atoms with Crippen molar-refractivity contribution in [1.29, 1.82) is 0 Å². The minimum atomic E-state index is -0.224. The van der Waals surface area contributed by atoms with E-state index in [0.29, 0.717) is 0 Å². The van der Waals surface area contributed by atoms with Crippen LogP contribution < -0.4 is 0 Å². The quantitative estimate of drug-likeness (QED) is 0.176. The molecule has 0 N–H and O–H groups in total. The summed E-state index contributed by atoms with van der Waals surface area (Å²) in [6.45, 7) is 6.33. The third kappa shape index (κ3) is 4.37. The van der Waals surface area contributed by atoms with Crippen LogP contribution in [0.4, 0.5) is 8.78 Å². The zero-order valence-corrected chi connectivity index (χ0v) is 24.1. The van der Waals surface area contributed by atoms with Gasteiger partial charge in [-0.3, -0.25) is 0 Å². The van der Waals surface area contributed by atoms with Crippen LogP contribution in [0.5, 0.6) is 0 Å². The Kier molecular flexibility index (Phi) is 6.78. The highest BCUT2D eigenvalue weighted by molar-refractivity contribution is 6.23. The van der Waals surface area contributed by atoms with Crippen LogP contribution in [-0.2, 0) is 13.1 Å². The summed E-state index contributed by atoms with van der Waals surface area (Å²) >= 11 is 0. The van der Waals surface area contributed by atoms with Crippen LogP contribution in [0.2, 0.25) is 0 Å². The number of unbranched alkanes of at least 4 members (excludes halogenated alkanes) is 2. The predicted molar refractivity (Wildman–Crippen MR) is 173 cm³/mol. The third-order valence-corrected chi connectivity index (χ3v) is 8.63. The lowest BCUT2D eigenvalue weighted by molar-refractivity contribution is 0.628. The summed E-state index contributed by atoms with van der Waals surface area (Å²) in [5, 5.41) is 4.82. The first-order valence-electron chi connectivity index (χ1n) is 15.1. The van der Waals surface area contributed by atoms with Crippen molar-refractivity contribution in [2.45, 2.75) is 52.6 Å². The minimum absolute atomic E-state index is 0.224. The van der Waals surface area contributed by atoms with Gasteiger partial charge < -0.3 is 9.13 Å². The van der Waals surface area contributed by atoms with Crippen LogP contribution in [0, 0.1) is 11.6 Å². The van der Waals surface area contributed by atoms with E-state index in [0.717, 1.165) is 61.0 Å². The van der Waals surface area contributed by atoms with Crippen LogP contribution in [0.3, 0.4) is 0 Å². The number of fused-ring (bicyclic) bond motifs is 7. The maximum Gasteiger partial charge on any atom is 0.123 e. The summed E-state index contributed by atoms with van der Waals surface area (Å²) in [6, 6.07) is 31.3. The van der Waals surface area contributed by atoms with E-state index in [1.165, 1.54) is 55.7 Å². The molecule has 0 unspecified atom stereocenters. The zero-order valence-electron chi connectivity index (χ0n) is 24.1. The van der Waals surface area contributed by atoms with Crippen LogP contribution in [0.15, 0.2) is 97.1 Å². The molecule has 0 saturated heterocycles. The Balaban J connectivity index is 1.55. The summed E-state index contributed by atoms with van der Waals surface area (Å²) in [5.74, 6) is -0.449. The van der Waals surface area contributed by atoms with Gasteiger partial charge in [0.1, 0.15) is 11.6 Å². The largest absolute Gasteiger partial charge is 0.339 e. The van der Waals surface area contributed by atoms with Gasteiger partial charge in [-0.1, -0.05) is 75.2 Å². The lowest BCUT2D eigenvalue weighted by atomic mass is 10.0. The molecule has 210 valence electrons. The summed E-state index contributed by atoms with van der Waals surface area (Å²) in [4.78, 5) is 0. The molecule has 4 heteroatoms. The van der Waals surface area contributed by atoms with Crippen LogP contribution in [0.1, 0.15) is 39.5 Å². The van der Waals surface area contributed by atoms with Gasteiger partial charge in [-0.25, -0.2) is 8.78 Å². The Morgan fingerprint density at radius 2 is 0.905 bits per heavy atom. The number of rotatable bonds is 8. The lowest BCUT2D eigenvalue weighted by Crippen LogP contribution is -2.02. The molecule has 2 aromatic heterocycles. The average Bonchev–Trinajstić information content (AvgIpc) is 3.50. The normalized spacial score (nSPS) is 11.9. The van der Waals surface area contributed by atoms with E-state index in [2.05, 4.69) is 71.5 Å². The Morgan fingerprint density at radius 3 is 1.31 bits per heavy atom.